The molecule has 6 aromatic rings. The Hall–Kier alpha value is -4.30. The van der Waals surface area contributed by atoms with Crippen LogP contribution in [0.4, 0.5) is 0 Å². The van der Waals surface area contributed by atoms with Crippen LogP contribution in [0.3, 0.4) is 0 Å². The SMILES string of the molecule is c1ccc(-c2ccc3cc4ccccc4cc3c2-c2cncc(-c3ccncc3)c2)cc1. The third-order valence-corrected chi connectivity index (χ3v) is 6.01. The maximum atomic E-state index is 4.62. The van der Waals surface area contributed by atoms with Crippen LogP contribution in [-0.2, 0) is 0 Å². The smallest absolute Gasteiger partial charge is 0.0347 e. The van der Waals surface area contributed by atoms with E-state index in [1.165, 1.54) is 38.2 Å². The van der Waals surface area contributed by atoms with Gasteiger partial charge in [0.25, 0.3) is 0 Å². The molecule has 0 saturated carbocycles. The van der Waals surface area contributed by atoms with Crippen LogP contribution in [0.1, 0.15) is 0 Å². The summed E-state index contributed by atoms with van der Waals surface area (Å²) in [5.74, 6) is 0. The van der Waals surface area contributed by atoms with E-state index in [1.807, 2.05) is 36.9 Å². The molecule has 0 fully saturated rings. The minimum Gasteiger partial charge on any atom is -0.265 e. The lowest BCUT2D eigenvalue weighted by Gasteiger charge is -2.16. The van der Waals surface area contributed by atoms with Crippen LogP contribution in [0.25, 0.3) is 54.9 Å². The van der Waals surface area contributed by atoms with Gasteiger partial charge in [-0.15, -0.1) is 0 Å². The standard InChI is InChI=1S/C30H20N2/c1-2-6-22(7-3-1)28-11-10-25-16-23-8-4-5-9-24(23)18-29(25)30(28)27-17-26(19-32-20-27)21-12-14-31-15-13-21/h1-20H. The van der Waals surface area contributed by atoms with E-state index >= 15 is 0 Å². The van der Waals surface area contributed by atoms with Crippen molar-refractivity contribution >= 4 is 21.5 Å². The predicted molar refractivity (Wildman–Crippen MR) is 133 cm³/mol. The summed E-state index contributed by atoms with van der Waals surface area (Å²) in [6.45, 7) is 0. The summed E-state index contributed by atoms with van der Waals surface area (Å²) in [6.07, 6.45) is 7.53. The maximum Gasteiger partial charge on any atom is 0.0347 e. The highest BCUT2D eigenvalue weighted by molar-refractivity contribution is 6.09. The van der Waals surface area contributed by atoms with Crippen LogP contribution in [0.5, 0.6) is 0 Å². The van der Waals surface area contributed by atoms with E-state index in [9.17, 15) is 0 Å². The number of benzene rings is 4. The first-order valence-electron chi connectivity index (χ1n) is 10.7. The van der Waals surface area contributed by atoms with Crippen molar-refractivity contribution in [3.8, 4) is 33.4 Å². The van der Waals surface area contributed by atoms with Crippen molar-refractivity contribution in [3.05, 3.63) is 122 Å². The Labute approximate surface area is 186 Å². The molecule has 0 amide bonds. The van der Waals surface area contributed by atoms with Crippen molar-refractivity contribution in [3.63, 3.8) is 0 Å². The first-order valence-corrected chi connectivity index (χ1v) is 10.7. The van der Waals surface area contributed by atoms with E-state index in [2.05, 4.69) is 94.9 Å². The molecule has 0 aliphatic carbocycles. The van der Waals surface area contributed by atoms with Gasteiger partial charge in [0.15, 0.2) is 0 Å². The largest absolute Gasteiger partial charge is 0.265 e. The topological polar surface area (TPSA) is 25.8 Å². The quantitative estimate of drug-likeness (QED) is 0.279. The number of fused-ring (bicyclic) bond motifs is 2. The van der Waals surface area contributed by atoms with Gasteiger partial charge in [-0.2, -0.15) is 0 Å². The Bertz CT molecular complexity index is 1550. The Morgan fingerprint density at radius 1 is 0.438 bits per heavy atom. The summed E-state index contributed by atoms with van der Waals surface area (Å²) in [4.78, 5) is 8.78. The average Bonchev–Trinajstić information content (AvgIpc) is 2.88. The second-order valence-electron chi connectivity index (χ2n) is 7.97. The Kier molecular flexibility index (Phi) is 4.47. The van der Waals surface area contributed by atoms with Crippen LogP contribution in [0.15, 0.2) is 122 Å². The van der Waals surface area contributed by atoms with E-state index in [0.717, 1.165) is 16.7 Å². The number of hydrogen-bond donors (Lipinski definition) is 0. The number of hydrogen-bond acceptors (Lipinski definition) is 2. The molecule has 2 aromatic heterocycles. The number of rotatable bonds is 3. The van der Waals surface area contributed by atoms with Crippen molar-refractivity contribution in [2.24, 2.45) is 0 Å². The van der Waals surface area contributed by atoms with Crippen LogP contribution in [0, 0.1) is 0 Å². The van der Waals surface area contributed by atoms with Gasteiger partial charge in [-0.05, 0) is 74.1 Å². The minimum absolute atomic E-state index is 1.08. The Balaban J connectivity index is 1.68. The molecule has 150 valence electrons. The molecule has 0 bridgehead atoms. The molecule has 0 unspecified atom stereocenters. The molecular weight excluding hydrogens is 388 g/mol. The third-order valence-electron chi connectivity index (χ3n) is 6.01. The van der Waals surface area contributed by atoms with E-state index in [0.29, 0.717) is 0 Å². The van der Waals surface area contributed by atoms with Crippen molar-refractivity contribution in [1.29, 1.82) is 0 Å². The lowest BCUT2D eigenvalue weighted by atomic mass is 9.88. The summed E-state index contributed by atoms with van der Waals surface area (Å²) in [7, 11) is 0. The molecule has 0 aliphatic rings. The molecule has 2 nitrogen and oxygen atoms in total. The lowest BCUT2D eigenvalue weighted by Crippen LogP contribution is -1.91. The Morgan fingerprint density at radius 3 is 1.97 bits per heavy atom. The minimum atomic E-state index is 1.08. The van der Waals surface area contributed by atoms with Gasteiger partial charge in [0.1, 0.15) is 0 Å². The zero-order valence-electron chi connectivity index (χ0n) is 17.4. The molecule has 0 saturated heterocycles. The molecule has 2 heteroatoms. The monoisotopic (exact) mass is 408 g/mol. The van der Waals surface area contributed by atoms with E-state index < -0.39 is 0 Å². The van der Waals surface area contributed by atoms with E-state index in [4.69, 9.17) is 0 Å². The van der Waals surface area contributed by atoms with Gasteiger partial charge >= 0.3 is 0 Å². The van der Waals surface area contributed by atoms with Crippen LogP contribution < -0.4 is 0 Å². The predicted octanol–water partition coefficient (Wildman–Crippen LogP) is 7.78. The molecule has 0 N–H and O–H groups in total. The summed E-state index contributed by atoms with van der Waals surface area (Å²) in [5, 5.41) is 4.96. The average molecular weight is 409 g/mol. The summed E-state index contributed by atoms with van der Waals surface area (Å²) in [5.41, 5.74) is 6.93. The fraction of sp³-hybridized carbons (Fsp3) is 0. The van der Waals surface area contributed by atoms with Gasteiger partial charge in [0, 0.05) is 35.9 Å². The van der Waals surface area contributed by atoms with Gasteiger partial charge < -0.3 is 0 Å². The third kappa shape index (κ3) is 3.23. The maximum absolute atomic E-state index is 4.62. The number of pyridine rings is 2. The summed E-state index contributed by atoms with van der Waals surface area (Å²) in [6, 6.07) is 34.5. The molecule has 4 aromatic carbocycles. The highest BCUT2D eigenvalue weighted by Gasteiger charge is 2.14. The summed E-state index contributed by atoms with van der Waals surface area (Å²) >= 11 is 0. The van der Waals surface area contributed by atoms with E-state index in [1.54, 1.807) is 0 Å². The fourth-order valence-corrected chi connectivity index (χ4v) is 4.46. The molecule has 0 atom stereocenters. The highest BCUT2D eigenvalue weighted by Crippen LogP contribution is 2.40. The van der Waals surface area contributed by atoms with Crippen molar-refractivity contribution < 1.29 is 0 Å². The van der Waals surface area contributed by atoms with Gasteiger partial charge in [-0.3, -0.25) is 9.97 Å². The first-order chi connectivity index (χ1) is 15.9. The molecule has 6 rings (SSSR count). The van der Waals surface area contributed by atoms with Crippen LogP contribution in [0.2, 0.25) is 0 Å². The number of nitrogens with zero attached hydrogens (tertiary/aromatic N) is 2. The van der Waals surface area contributed by atoms with Gasteiger partial charge in [-0.25, -0.2) is 0 Å². The fourth-order valence-electron chi connectivity index (χ4n) is 4.46. The van der Waals surface area contributed by atoms with Crippen LogP contribution in [-0.4, -0.2) is 9.97 Å². The molecule has 0 spiro atoms. The normalized spacial score (nSPS) is 11.1. The Morgan fingerprint density at radius 2 is 1.16 bits per heavy atom. The molecule has 0 aliphatic heterocycles. The van der Waals surface area contributed by atoms with Gasteiger partial charge in [0.05, 0.1) is 0 Å². The highest BCUT2D eigenvalue weighted by atomic mass is 14.6. The van der Waals surface area contributed by atoms with Gasteiger partial charge in [-0.1, -0.05) is 66.7 Å². The summed E-state index contributed by atoms with van der Waals surface area (Å²) < 4.78 is 0. The second kappa shape index (κ2) is 7.75. The molecular formula is C30H20N2. The molecule has 2 heterocycles. The first kappa shape index (κ1) is 18.5. The van der Waals surface area contributed by atoms with Crippen molar-refractivity contribution in [2.75, 3.05) is 0 Å². The number of aromatic nitrogens is 2. The van der Waals surface area contributed by atoms with Gasteiger partial charge in [0.2, 0.25) is 0 Å². The second-order valence-corrected chi connectivity index (χ2v) is 7.97. The van der Waals surface area contributed by atoms with Crippen LogP contribution >= 0.6 is 0 Å². The van der Waals surface area contributed by atoms with Crippen molar-refractivity contribution in [2.45, 2.75) is 0 Å². The van der Waals surface area contributed by atoms with E-state index in [-0.39, 0.29) is 0 Å². The zero-order chi connectivity index (χ0) is 21.3. The molecule has 0 radical (unpaired) electrons. The lowest BCUT2D eigenvalue weighted by molar-refractivity contribution is 1.30. The zero-order valence-corrected chi connectivity index (χ0v) is 17.4. The molecule has 32 heavy (non-hydrogen) atoms. The van der Waals surface area contributed by atoms with Crippen molar-refractivity contribution in [1.82, 2.24) is 9.97 Å².